The van der Waals surface area contributed by atoms with Crippen LogP contribution in [0.3, 0.4) is 0 Å². The lowest BCUT2D eigenvalue weighted by molar-refractivity contribution is -0.231. The zero-order chi connectivity index (χ0) is 29.2. The molecule has 2 aromatic rings. The summed E-state index contributed by atoms with van der Waals surface area (Å²) in [6.07, 6.45) is 9.27. The van der Waals surface area contributed by atoms with Crippen LogP contribution >= 0.6 is 11.8 Å². The minimum Gasteiger partial charge on any atom is -0.393 e. The minimum absolute atomic E-state index is 0.00267. The highest BCUT2D eigenvalue weighted by molar-refractivity contribution is 7.99. The SMILES string of the molecule is COC(C)(C)O[C@@H]1CC2C3CCC4=CC(=O)C=CC4(C)C3[C@@H](O)CC2(C)C1C(=O)CSc1cnc2ccccc2n1. The van der Waals surface area contributed by atoms with E-state index in [1.54, 1.807) is 25.5 Å². The van der Waals surface area contributed by atoms with E-state index in [9.17, 15) is 14.7 Å². The molecule has 1 aromatic heterocycles. The summed E-state index contributed by atoms with van der Waals surface area (Å²) in [4.78, 5) is 35.6. The molecule has 218 valence electrons. The first kappa shape index (κ1) is 28.7. The third-order valence-electron chi connectivity index (χ3n) is 10.6. The fourth-order valence-corrected chi connectivity index (χ4v) is 9.43. The van der Waals surface area contributed by atoms with Crippen molar-refractivity contribution in [2.24, 2.45) is 34.5 Å². The Kier molecular flexibility index (Phi) is 7.29. The number of carbonyl (C=O) groups excluding carboxylic acids is 2. The van der Waals surface area contributed by atoms with Crippen LogP contribution in [0.1, 0.15) is 53.4 Å². The van der Waals surface area contributed by atoms with Gasteiger partial charge in [0, 0.05) is 18.4 Å². The number of allylic oxidation sites excluding steroid dienone is 4. The maximum atomic E-state index is 14.2. The molecule has 6 rings (SSSR count). The number of methoxy groups -OCH3 is 1. The second-order valence-electron chi connectivity index (χ2n) is 13.2. The van der Waals surface area contributed by atoms with Gasteiger partial charge in [0.05, 0.1) is 41.1 Å². The van der Waals surface area contributed by atoms with Crippen LogP contribution in [-0.2, 0) is 19.1 Å². The Balaban J connectivity index is 1.30. The largest absolute Gasteiger partial charge is 0.393 e. The van der Waals surface area contributed by atoms with Gasteiger partial charge < -0.3 is 14.6 Å². The van der Waals surface area contributed by atoms with Crippen molar-refractivity contribution in [1.82, 2.24) is 9.97 Å². The Bertz CT molecular complexity index is 1440. The molecule has 8 atom stereocenters. The monoisotopic (exact) mass is 576 g/mol. The highest BCUT2D eigenvalue weighted by Gasteiger charge is 2.65. The Morgan fingerprint density at radius 1 is 1.22 bits per heavy atom. The fraction of sp³-hybridized carbons (Fsp3) is 0.576. The van der Waals surface area contributed by atoms with Gasteiger partial charge >= 0.3 is 0 Å². The molecule has 0 radical (unpaired) electrons. The molecular formula is C33H40N2O5S. The Morgan fingerprint density at radius 2 is 1.98 bits per heavy atom. The predicted octanol–water partition coefficient (Wildman–Crippen LogP) is 5.56. The van der Waals surface area contributed by atoms with E-state index < -0.39 is 17.3 Å². The van der Waals surface area contributed by atoms with Crippen LogP contribution in [0.2, 0.25) is 0 Å². The average molecular weight is 577 g/mol. The van der Waals surface area contributed by atoms with Gasteiger partial charge in [-0.05, 0) is 81.1 Å². The lowest BCUT2D eigenvalue weighted by Gasteiger charge is -2.58. The zero-order valence-corrected chi connectivity index (χ0v) is 25.3. The number of rotatable bonds is 7. The molecule has 8 heteroatoms. The lowest BCUT2D eigenvalue weighted by atomic mass is 9.46. The van der Waals surface area contributed by atoms with Crippen LogP contribution in [0.25, 0.3) is 11.0 Å². The van der Waals surface area contributed by atoms with Gasteiger partial charge in [-0.2, -0.15) is 0 Å². The zero-order valence-electron chi connectivity index (χ0n) is 24.5. The second-order valence-corrected chi connectivity index (χ2v) is 14.2. The van der Waals surface area contributed by atoms with Crippen molar-refractivity contribution in [3.63, 3.8) is 0 Å². The standard InChI is InChI=1S/C33H40N2O5S/c1-31(2,39-5)40-27-15-22-21-11-10-19-14-20(36)12-13-32(19,3)29(21)25(37)16-33(22,4)30(27)26(38)18-41-28-17-34-23-8-6-7-9-24(23)35-28/h6-9,12-14,17,21-22,25,27,29-30,37H,10-11,15-16,18H2,1-5H3/t21?,22?,25-,27+,29?,30?,32?,33?/m0/s1. The van der Waals surface area contributed by atoms with E-state index in [1.807, 2.05) is 44.2 Å². The van der Waals surface area contributed by atoms with E-state index in [0.29, 0.717) is 11.4 Å². The maximum absolute atomic E-state index is 14.2. The van der Waals surface area contributed by atoms with E-state index in [2.05, 4.69) is 18.8 Å². The first-order valence-electron chi connectivity index (χ1n) is 14.7. The summed E-state index contributed by atoms with van der Waals surface area (Å²) in [7, 11) is 1.63. The Labute approximate surface area is 246 Å². The number of ether oxygens (including phenoxy) is 2. The van der Waals surface area contributed by atoms with E-state index in [1.165, 1.54) is 11.8 Å². The summed E-state index contributed by atoms with van der Waals surface area (Å²) in [6.45, 7) is 8.14. The average Bonchev–Trinajstić information content (AvgIpc) is 3.22. The van der Waals surface area contributed by atoms with Crippen molar-refractivity contribution in [2.45, 2.75) is 76.4 Å². The highest BCUT2D eigenvalue weighted by atomic mass is 32.2. The first-order chi connectivity index (χ1) is 19.4. The Hall–Kier alpha value is -2.39. The van der Waals surface area contributed by atoms with Gasteiger partial charge in [-0.15, -0.1) is 0 Å². The van der Waals surface area contributed by atoms with Crippen molar-refractivity contribution in [1.29, 1.82) is 0 Å². The summed E-state index contributed by atoms with van der Waals surface area (Å²) < 4.78 is 12.2. The van der Waals surface area contributed by atoms with Crippen molar-refractivity contribution in [3.05, 3.63) is 54.3 Å². The number of aromatic nitrogens is 2. The molecule has 0 spiro atoms. The molecule has 1 N–H and O–H groups in total. The number of fused-ring (bicyclic) bond motifs is 6. The van der Waals surface area contributed by atoms with Crippen LogP contribution in [0.4, 0.5) is 0 Å². The number of hydrogen-bond donors (Lipinski definition) is 1. The third-order valence-corrected chi connectivity index (χ3v) is 11.5. The van der Waals surface area contributed by atoms with E-state index in [4.69, 9.17) is 14.5 Å². The molecule has 6 unspecified atom stereocenters. The summed E-state index contributed by atoms with van der Waals surface area (Å²) in [5, 5.41) is 12.5. The van der Waals surface area contributed by atoms with E-state index in [-0.39, 0.29) is 52.5 Å². The van der Waals surface area contributed by atoms with Gasteiger partial charge in [0.2, 0.25) is 0 Å². The number of thioether (sulfide) groups is 1. The molecule has 0 aliphatic heterocycles. The third kappa shape index (κ3) is 4.90. The minimum atomic E-state index is -0.844. The molecule has 4 aliphatic rings. The van der Waals surface area contributed by atoms with Gasteiger partial charge in [-0.1, -0.05) is 49.4 Å². The lowest BCUT2D eigenvalue weighted by Crippen LogP contribution is -2.56. The summed E-state index contributed by atoms with van der Waals surface area (Å²) in [6, 6.07) is 7.72. The molecular weight excluding hydrogens is 536 g/mol. The summed E-state index contributed by atoms with van der Waals surface area (Å²) in [5.74, 6) is -0.404. The first-order valence-corrected chi connectivity index (χ1v) is 15.7. The van der Waals surface area contributed by atoms with E-state index in [0.717, 1.165) is 35.9 Å². The molecule has 0 bridgehead atoms. The van der Waals surface area contributed by atoms with Crippen molar-refractivity contribution < 1.29 is 24.2 Å². The van der Waals surface area contributed by atoms with Gasteiger partial charge in [-0.3, -0.25) is 14.6 Å². The van der Waals surface area contributed by atoms with Crippen LogP contribution in [-0.4, -0.2) is 57.5 Å². The van der Waals surface area contributed by atoms with Crippen LogP contribution in [0.5, 0.6) is 0 Å². The molecule has 41 heavy (non-hydrogen) atoms. The number of carbonyl (C=O) groups is 2. The number of hydrogen-bond acceptors (Lipinski definition) is 8. The molecule has 0 amide bonds. The Morgan fingerprint density at radius 3 is 2.73 bits per heavy atom. The quantitative estimate of drug-likeness (QED) is 0.338. The van der Waals surface area contributed by atoms with E-state index >= 15 is 0 Å². The molecule has 0 saturated heterocycles. The van der Waals surface area contributed by atoms with Crippen LogP contribution in [0, 0.1) is 34.5 Å². The number of benzene rings is 1. The smallest absolute Gasteiger partial charge is 0.178 e. The fourth-order valence-electron chi connectivity index (χ4n) is 8.67. The number of para-hydroxylation sites is 2. The number of aliphatic hydroxyl groups excluding tert-OH is 1. The number of ketones is 2. The van der Waals surface area contributed by atoms with Crippen molar-refractivity contribution >= 4 is 34.4 Å². The van der Waals surface area contributed by atoms with Gasteiger partial charge in [0.15, 0.2) is 11.6 Å². The highest BCUT2D eigenvalue weighted by Crippen LogP contribution is 2.66. The molecule has 3 saturated carbocycles. The topological polar surface area (TPSA) is 98.6 Å². The maximum Gasteiger partial charge on any atom is 0.178 e. The van der Waals surface area contributed by atoms with Crippen LogP contribution in [0.15, 0.2) is 59.3 Å². The molecule has 1 heterocycles. The number of aliphatic hydroxyl groups is 1. The molecule has 4 aliphatic carbocycles. The normalized spacial score (nSPS) is 36.4. The van der Waals surface area contributed by atoms with Crippen LogP contribution < -0.4 is 0 Å². The van der Waals surface area contributed by atoms with Gasteiger partial charge in [0.25, 0.3) is 0 Å². The molecule has 7 nitrogen and oxygen atoms in total. The number of nitrogens with zero attached hydrogens (tertiary/aromatic N) is 2. The second kappa shape index (κ2) is 10.4. The predicted molar refractivity (Wildman–Crippen MR) is 158 cm³/mol. The van der Waals surface area contributed by atoms with Crippen molar-refractivity contribution in [3.8, 4) is 0 Å². The van der Waals surface area contributed by atoms with Crippen molar-refractivity contribution in [2.75, 3.05) is 12.9 Å². The van der Waals surface area contributed by atoms with Gasteiger partial charge in [-0.25, -0.2) is 4.98 Å². The van der Waals surface area contributed by atoms with Gasteiger partial charge in [0.1, 0.15) is 10.8 Å². The number of Topliss-reactive ketones (excluding diaryl/α,β-unsaturated/α-hetero) is 1. The molecule has 3 fully saturated rings. The summed E-state index contributed by atoms with van der Waals surface area (Å²) in [5.41, 5.74) is 1.98. The summed E-state index contributed by atoms with van der Waals surface area (Å²) >= 11 is 1.41. The molecule has 1 aromatic carbocycles.